The van der Waals surface area contributed by atoms with Crippen molar-refractivity contribution < 1.29 is 9.59 Å². The Morgan fingerprint density at radius 1 is 1.17 bits per heavy atom. The zero-order chi connectivity index (χ0) is 13.2. The molecule has 1 saturated carbocycles. The van der Waals surface area contributed by atoms with Gasteiger partial charge >= 0.3 is 0 Å². The average molecular weight is 284 g/mol. The molecule has 0 aromatic heterocycles. The van der Waals surface area contributed by atoms with E-state index in [1.54, 1.807) is 24.3 Å². The van der Waals surface area contributed by atoms with Crippen LogP contribution in [0.1, 0.15) is 31.2 Å². The highest BCUT2D eigenvalue weighted by atomic mass is 35.5. The predicted molar refractivity (Wildman–Crippen MR) is 69.7 cm³/mol. The van der Waals surface area contributed by atoms with Gasteiger partial charge in [-0.05, 0) is 30.5 Å². The third kappa shape index (κ3) is 2.49. The molecule has 0 N–H and O–H groups in total. The summed E-state index contributed by atoms with van der Waals surface area (Å²) in [5, 5.41) is 0.879. The minimum absolute atomic E-state index is 0.201. The van der Waals surface area contributed by atoms with E-state index < -0.39 is 5.54 Å². The largest absolute Gasteiger partial charge is 0.300 e. The second-order valence-corrected chi connectivity index (χ2v) is 5.22. The summed E-state index contributed by atoms with van der Waals surface area (Å²) in [7, 11) is 0. The van der Waals surface area contributed by atoms with Gasteiger partial charge in [-0.1, -0.05) is 29.3 Å². The van der Waals surface area contributed by atoms with E-state index in [4.69, 9.17) is 23.2 Å². The summed E-state index contributed by atoms with van der Waals surface area (Å²) in [6.45, 7) is 0. The Balaban J connectivity index is 2.44. The summed E-state index contributed by atoms with van der Waals surface area (Å²) in [4.78, 5) is 25.9. The first-order chi connectivity index (χ1) is 8.57. The molecular weight excluding hydrogens is 273 g/mol. The Morgan fingerprint density at radius 2 is 1.83 bits per heavy atom. The lowest BCUT2D eigenvalue weighted by molar-refractivity contribution is -0.121. The number of nitrogens with zero attached hydrogens (tertiary/aromatic N) is 1. The van der Waals surface area contributed by atoms with Gasteiger partial charge in [0.1, 0.15) is 5.78 Å². The van der Waals surface area contributed by atoms with Crippen molar-refractivity contribution in [3.63, 3.8) is 0 Å². The van der Waals surface area contributed by atoms with Crippen LogP contribution in [0.15, 0.2) is 23.2 Å². The molecule has 3 nitrogen and oxygen atoms in total. The summed E-state index contributed by atoms with van der Waals surface area (Å²) in [6, 6.07) is 5.18. The Kier molecular flexibility index (Phi) is 3.86. The van der Waals surface area contributed by atoms with Crippen LogP contribution < -0.4 is 0 Å². The Labute approximate surface area is 115 Å². The maximum atomic E-state index is 11.3. The van der Waals surface area contributed by atoms with E-state index in [0.29, 0.717) is 35.7 Å². The fourth-order valence-corrected chi connectivity index (χ4v) is 2.58. The fourth-order valence-electron chi connectivity index (χ4n) is 2.28. The minimum Gasteiger partial charge on any atom is -0.300 e. The highest BCUT2D eigenvalue weighted by molar-refractivity contribution is 6.42. The van der Waals surface area contributed by atoms with Crippen LogP contribution in [0.2, 0.25) is 10.0 Å². The first-order valence-electron chi connectivity index (χ1n) is 5.64. The third-order valence-electron chi connectivity index (χ3n) is 3.35. The summed E-state index contributed by atoms with van der Waals surface area (Å²) in [6.07, 6.45) is 3.48. The molecule has 1 aliphatic rings. The molecule has 1 aliphatic carbocycles. The maximum absolute atomic E-state index is 11.3. The zero-order valence-electron chi connectivity index (χ0n) is 9.58. The maximum Gasteiger partial charge on any atom is 0.235 e. The molecule has 2 rings (SSSR count). The van der Waals surface area contributed by atoms with E-state index in [0.717, 1.165) is 5.56 Å². The minimum atomic E-state index is -0.677. The second-order valence-electron chi connectivity index (χ2n) is 4.40. The number of isocyanates is 1. The summed E-state index contributed by atoms with van der Waals surface area (Å²) < 4.78 is 0. The fraction of sp³-hybridized carbons (Fsp3) is 0.385. The number of aliphatic imine (C=N–C) groups is 1. The van der Waals surface area contributed by atoms with Gasteiger partial charge in [-0.15, -0.1) is 0 Å². The van der Waals surface area contributed by atoms with Crippen molar-refractivity contribution in [3.8, 4) is 0 Å². The molecule has 0 atom stereocenters. The molecule has 0 radical (unpaired) electrons. The first-order valence-corrected chi connectivity index (χ1v) is 6.39. The number of ketones is 1. The number of hydrogen-bond acceptors (Lipinski definition) is 3. The molecule has 0 bridgehead atoms. The number of halogens is 2. The summed E-state index contributed by atoms with van der Waals surface area (Å²) >= 11 is 11.9. The van der Waals surface area contributed by atoms with Gasteiger partial charge in [0.05, 0.1) is 15.6 Å². The topological polar surface area (TPSA) is 46.5 Å². The van der Waals surface area contributed by atoms with Crippen molar-refractivity contribution >= 4 is 35.1 Å². The summed E-state index contributed by atoms with van der Waals surface area (Å²) in [5.74, 6) is 0.201. The molecule has 1 fully saturated rings. The second kappa shape index (κ2) is 5.23. The Bertz CT molecular complexity index is 526. The quantitative estimate of drug-likeness (QED) is 0.614. The van der Waals surface area contributed by atoms with Gasteiger partial charge in [0.15, 0.2) is 0 Å². The van der Waals surface area contributed by atoms with Crippen molar-refractivity contribution in [1.82, 2.24) is 0 Å². The molecule has 0 aliphatic heterocycles. The number of carbonyl (C=O) groups is 1. The summed E-state index contributed by atoms with van der Waals surface area (Å²) in [5.41, 5.74) is 0.136. The molecule has 0 heterocycles. The highest BCUT2D eigenvalue weighted by Gasteiger charge is 2.36. The number of hydrogen-bond donors (Lipinski definition) is 0. The van der Waals surface area contributed by atoms with Crippen molar-refractivity contribution in [2.45, 2.75) is 31.2 Å². The van der Waals surface area contributed by atoms with Gasteiger partial charge in [0.2, 0.25) is 6.08 Å². The van der Waals surface area contributed by atoms with Gasteiger partial charge in [0.25, 0.3) is 0 Å². The number of benzene rings is 1. The van der Waals surface area contributed by atoms with Gasteiger partial charge in [-0.3, -0.25) is 4.79 Å². The first kappa shape index (κ1) is 13.3. The SMILES string of the molecule is O=C=NC1(c2ccc(Cl)c(Cl)c2)CCC(=O)CC1. The third-order valence-corrected chi connectivity index (χ3v) is 4.09. The van der Waals surface area contributed by atoms with Crippen molar-refractivity contribution in [3.05, 3.63) is 33.8 Å². The number of Topliss-reactive ketones (excluding diaryl/α,β-unsaturated/α-hetero) is 1. The van der Waals surface area contributed by atoms with E-state index >= 15 is 0 Å². The molecule has 5 heteroatoms. The van der Waals surface area contributed by atoms with E-state index in [1.165, 1.54) is 0 Å². The van der Waals surface area contributed by atoms with Gasteiger partial charge in [-0.2, -0.15) is 4.99 Å². The van der Waals surface area contributed by atoms with Gasteiger partial charge in [0, 0.05) is 12.8 Å². The molecule has 0 amide bonds. The predicted octanol–water partition coefficient (Wildman–Crippen LogP) is 3.67. The van der Waals surface area contributed by atoms with Crippen LogP contribution >= 0.6 is 23.2 Å². The van der Waals surface area contributed by atoms with Crippen LogP contribution in [0.3, 0.4) is 0 Å². The Morgan fingerprint density at radius 3 is 2.39 bits per heavy atom. The molecule has 1 aromatic rings. The standard InChI is InChI=1S/C13H11Cl2NO2/c14-11-2-1-9(7-12(11)15)13(16-8-17)5-3-10(18)4-6-13/h1-2,7H,3-6H2. The lowest BCUT2D eigenvalue weighted by atomic mass is 9.77. The number of rotatable bonds is 2. The normalized spacial score (nSPS) is 18.2. The van der Waals surface area contributed by atoms with Crippen molar-refractivity contribution in [1.29, 1.82) is 0 Å². The molecule has 0 unspecified atom stereocenters. The van der Waals surface area contributed by atoms with Crippen molar-refractivity contribution in [2.24, 2.45) is 4.99 Å². The molecular formula is C13H11Cl2NO2. The molecule has 0 saturated heterocycles. The molecule has 1 aromatic carbocycles. The molecule has 0 spiro atoms. The van der Waals surface area contributed by atoms with Crippen LogP contribution in [0, 0.1) is 0 Å². The highest BCUT2D eigenvalue weighted by Crippen LogP contribution is 2.41. The van der Waals surface area contributed by atoms with Gasteiger partial charge in [-0.25, -0.2) is 4.79 Å². The van der Waals surface area contributed by atoms with Crippen LogP contribution in [0.5, 0.6) is 0 Å². The van der Waals surface area contributed by atoms with Crippen LogP contribution in [0.25, 0.3) is 0 Å². The lowest BCUT2D eigenvalue weighted by Crippen LogP contribution is -2.30. The van der Waals surface area contributed by atoms with Crippen LogP contribution in [0.4, 0.5) is 0 Å². The van der Waals surface area contributed by atoms with E-state index in [-0.39, 0.29) is 5.78 Å². The van der Waals surface area contributed by atoms with E-state index in [9.17, 15) is 9.59 Å². The smallest absolute Gasteiger partial charge is 0.235 e. The van der Waals surface area contributed by atoms with E-state index in [2.05, 4.69) is 4.99 Å². The lowest BCUT2D eigenvalue weighted by Gasteiger charge is -2.32. The molecule has 18 heavy (non-hydrogen) atoms. The Hall–Kier alpha value is -1.15. The molecule has 94 valence electrons. The van der Waals surface area contributed by atoms with Gasteiger partial charge < -0.3 is 0 Å². The average Bonchev–Trinajstić information content (AvgIpc) is 2.36. The number of carbonyl (C=O) groups excluding carboxylic acids is 2. The van der Waals surface area contributed by atoms with Crippen LogP contribution in [-0.4, -0.2) is 11.9 Å². The monoisotopic (exact) mass is 283 g/mol. The van der Waals surface area contributed by atoms with Crippen molar-refractivity contribution in [2.75, 3.05) is 0 Å². The van der Waals surface area contributed by atoms with E-state index in [1.807, 2.05) is 0 Å². The zero-order valence-corrected chi connectivity index (χ0v) is 11.1. The van der Waals surface area contributed by atoms with Crippen LogP contribution in [-0.2, 0) is 15.1 Å².